The Labute approximate surface area is 107 Å². The highest BCUT2D eigenvalue weighted by atomic mass is 32.2. The number of sulfone groups is 1. The maximum Gasteiger partial charge on any atom is 0.416 e. The van der Waals surface area contributed by atoms with Gasteiger partial charge < -0.3 is 0 Å². The lowest BCUT2D eigenvalue weighted by molar-refractivity contribution is -0.137. The molecule has 3 nitrogen and oxygen atoms in total. The summed E-state index contributed by atoms with van der Waals surface area (Å²) in [5.41, 5.74) is -0.998. The minimum absolute atomic E-state index is 0.0955. The van der Waals surface area contributed by atoms with Gasteiger partial charge in [-0.15, -0.1) is 0 Å². The molecule has 0 unspecified atom stereocenters. The average Bonchev–Trinajstić information content (AvgIpc) is 2.39. The van der Waals surface area contributed by atoms with Gasteiger partial charge >= 0.3 is 6.18 Å². The van der Waals surface area contributed by atoms with Gasteiger partial charge in [0.15, 0.2) is 0 Å². The molecule has 1 heterocycles. The smallest absolute Gasteiger partial charge is 0.265 e. The lowest BCUT2D eigenvalue weighted by Crippen LogP contribution is -2.08. The number of pyridine rings is 1. The molecule has 0 amide bonds. The molecule has 0 aliphatic heterocycles. The number of benzene rings is 1. The summed E-state index contributed by atoms with van der Waals surface area (Å²) in [5.74, 6) is 0. The second kappa shape index (κ2) is 4.65. The summed E-state index contributed by atoms with van der Waals surface area (Å²) < 4.78 is 61.9. The molecule has 0 radical (unpaired) electrons. The third-order valence-electron chi connectivity index (χ3n) is 2.43. The Bertz CT molecular complexity index is 682. The lowest BCUT2D eigenvalue weighted by atomic mass is 10.2. The van der Waals surface area contributed by atoms with Crippen LogP contribution in [0, 0.1) is 0 Å². The fourth-order valence-corrected chi connectivity index (χ4v) is 2.79. The van der Waals surface area contributed by atoms with Crippen molar-refractivity contribution in [1.82, 2.24) is 4.98 Å². The van der Waals surface area contributed by atoms with Crippen LogP contribution in [0.2, 0.25) is 0 Å². The van der Waals surface area contributed by atoms with Crippen molar-refractivity contribution in [1.29, 1.82) is 0 Å². The molecule has 0 saturated heterocycles. The highest BCUT2D eigenvalue weighted by Gasteiger charge is 2.31. The van der Waals surface area contributed by atoms with Crippen LogP contribution in [0.25, 0.3) is 0 Å². The highest BCUT2D eigenvalue weighted by Crippen LogP contribution is 2.31. The lowest BCUT2D eigenvalue weighted by Gasteiger charge is -2.09. The van der Waals surface area contributed by atoms with Gasteiger partial charge in [0.25, 0.3) is 0 Å². The second-order valence-corrected chi connectivity index (χ2v) is 5.66. The maximum atomic E-state index is 12.6. The molecule has 2 rings (SSSR count). The first-order chi connectivity index (χ1) is 8.82. The van der Waals surface area contributed by atoms with Crippen LogP contribution < -0.4 is 0 Å². The zero-order valence-electron chi connectivity index (χ0n) is 9.42. The molecule has 0 bridgehead atoms. The van der Waals surface area contributed by atoms with Gasteiger partial charge in [0.2, 0.25) is 9.84 Å². The molecule has 0 N–H and O–H groups in total. The van der Waals surface area contributed by atoms with E-state index in [1.54, 1.807) is 0 Å². The number of hydrogen-bond acceptors (Lipinski definition) is 3. The van der Waals surface area contributed by atoms with Crippen molar-refractivity contribution in [3.8, 4) is 0 Å². The van der Waals surface area contributed by atoms with Gasteiger partial charge in [-0.3, -0.25) is 4.98 Å². The quantitative estimate of drug-likeness (QED) is 0.853. The number of nitrogens with zero attached hydrogens (tertiary/aromatic N) is 1. The van der Waals surface area contributed by atoms with Crippen LogP contribution in [0.15, 0.2) is 58.6 Å². The number of alkyl halides is 3. The van der Waals surface area contributed by atoms with Gasteiger partial charge in [0.05, 0.1) is 15.4 Å². The number of aromatic nitrogens is 1. The van der Waals surface area contributed by atoms with Crippen LogP contribution in [0.1, 0.15) is 5.56 Å². The van der Waals surface area contributed by atoms with E-state index in [-0.39, 0.29) is 4.90 Å². The van der Waals surface area contributed by atoms with Crippen molar-refractivity contribution in [3.63, 3.8) is 0 Å². The molecule has 1 aromatic carbocycles. The monoisotopic (exact) mass is 287 g/mol. The largest absolute Gasteiger partial charge is 0.416 e. The van der Waals surface area contributed by atoms with Crippen LogP contribution in [0.5, 0.6) is 0 Å². The molecular formula is C12H8F3NO2S. The zero-order valence-corrected chi connectivity index (χ0v) is 10.2. The number of rotatable bonds is 2. The molecule has 0 saturated carbocycles. The molecule has 0 spiro atoms. The third-order valence-corrected chi connectivity index (χ3v) is 4.20. The van der Waals surface area contributed by atoms with Gasteiger partial charge in [0.1, 0.15) is 0 Å². The van der Waals surface area contributed by atoms with Crippen molar-refractivity contribution >= 4 is 9.84 Å². The predicted octanol–water partition coefficient (Wildman–Crippen LogP) is 2.93. The molecule has 0 atom stereocenters. The summed E-state index contributed by atoms with van der Waals surface area (Å²) >= 11 is 0. The van der Waals surface area contributed by atoms with Gasteiger partial charge in [-0.2, -0.15) is 13.2 Å². The van der Waals surface area contributed by atoms with E-state index >= 15 is 0 Å². The van der Waals surface area contributed by atoms with E-state index in [2.05, 4.69) is 4.98 Å². The topological polar surface area (TPSA) is 47.0 Å². The second-order valence-electron chi connectivity index (χ2n) is 3.71. The van der Waals surface area contributed by atoms with Crippen LogP contribution in [0.4, 0.5) is 13.2 Å². The van der Waals surface area contributed by atoms with E-state index in [1.807, 2.05) is 0 Å². The standard InChI is InChI=1S/C12H8F3NO2S/c13-12(14,15)9-2-1-3-11(8-9)19(17,18)10-4-6-16-7-5-10/h1-8H. The normalized spacial score (nSPS) is 12.4. The average molecular weight is 287 g/mol. The van der Waals surface area contributed by atoms with E-state index in [4.69, 9.17) is 0 Å². The summed E-state index contributed by atoms with van der Waals surface area (Å²) in [4.78, 5) is 3.17. The van der Waals surface area contributed by atoms with E-state index in [0.717, 1.165) is 18.2 Å². The molecule has 100 valence electrons. The van der Waals surface area contributed by atoms with Crippen LogP contribution in [0.3, 0.4) is 0 Å². The molecule has 0 aliphatic rings. The highest BCUT2D eigenvalue weighted by molar-refractivity contribution is 7.91. The van der Waals surface area contributed by atoms with E-state index in [1.165, 1.54) is 24.5 Å². The van der Waals surface area contributed by atoms with E-state index in [0.29, 0.717) is 6.07 Å². The van der Waals surface area contributed by atoms with Crippen molar-refractivity contribution < 1.29 is 21.6 Å². The van der Waals surface area contributed by atoms with Gasteiger partial charge in [0, 0.05) is 12.4 Å². The Kier molecular flexibility index (Phi) is 3.32. The first-order valence-electron chi connectivity index (χ1n) is 5.14. The Morgan fingerprint density at radius 1 is 0.947 bits per heavy atom. The molecular weight excluding hydrogens is 279 g/mol. The Morgan fingerprint density at radius 3 is 2.16 bits per heavy atom. The van der Waals surface area contributed by atoms with Gasteiger partial charge in [-0.25, -0.2) is 8.42 Å². The maximum absolute atomic E-state index is 12.6. The molecule has 19 heavy (non-hydrogen) atoms. The summed E-state index contributed by atoms with van der Waals surface area (Å²) in [6, 6.07) is 6.11. The zero-order chi connectivity index (χ0) is 14.1. The van der Waals surface area contributed by atoms with Crippen molar-refractivity contribution in [2.45, 2.75) is 16.0 Å². The number of hydrogen-bond donors (Lipinski definition) is 0. The van der Waals surface area contributed by atoms with Crippen molar-refractivity contribution in [3.05, 3.63) is 54.4 Å². The molecule has 0 aliphatic carbocycles. The van der Waals surface area contributed by atoms with Crippen LogP contribution in [-0.4, -0.2) is 13.4 Å². The van der Waals surface area contributed by atoms with Crippen LogP contribution in [-0.2, 0) is 16.0 Å². The van der Waals surface area contributed by atoms with Gasteiger partial charge in [-0.1, -0.05) is 6.07 Å². The fraction of sp³-hybridized carbons (Fsp3) is 0.0833. The minimum atomic E-state index is -4.58. The minimum Gasteiger partial charge on any atom is -0.265 e. The SMILES string of the molecule is O=S(=O)(c1ccncc1)c1cccc(C(F)(F)F)c1. The Morgan fingerprint density at radius 2 is 1.58 bits per heavy atom. The molecule has 2 aromatic rings. The molecule has 7 heteroatoms. The molecule has 1 aromatic heterocycles. The number of halogens is 3. The van der Waals surface area contributed by atoms with Gasteiger partial charge in [-0.05, 0) is 30.3 Å². The first-order valence-corrected chi connectivity index (χ1v) is 6.62. The predicted molar refractivity (Wildman–Crippen MR) is 61.1 cm³/mol. The van der Waals surface area contributed by atoms with Crippen LogP contribution >= 0.6 is 0 Å². The van der Waals surface area contributed by atoms with E-state index < -0.39 is 26.5 Å². The summed E-state index contributed by atoms with van der Waals surface area (Å²) in [6.07, 6.45) is -2.05. The van der Waals surface area contributed by atoms with E-state index in [9.17, 15) is 21.6 Å². The Hall–Kier alpha value is -1.89. The first kappa shape index (κ1) is 13.5. The summed E-state index contributed by atoms with van der Waals surface area (Å²) in [6.45, 7) is 0. The third kappa shape index (κ3) is 2.76. The molecule has 0 fully saturated rings. The summed E-state index contributed by atoms with van der Waals surface area (Å²) in [7, 11) is -3.96. The van der Waals surface area contributed by atoms with Crippen molar-refractivity contribution in [2.24, 2.45) is 0 Å². The van der Waals surface area contributed by atoms with Crippen molar-refractivity contribution in [2.75, 3.05) is 0 Å². The summed E-state index contributed by atoms with van der Waals surface area (Å²) in [5, 5.41) is 0. The fourth-order valence-electron chi connectivity index (χ4n) is 1.49. The Balaban J connectivity index is 2.54.